The van der Waals surface area contributed by atoms with E-state index in [1.165, 1.54) is 0 Å². The minimum Gasteiger partial charge on any atom is -0.346 e. The monoisotopic (exact) mass is 354 g/mol. The first-order valence-corrected chi connectivity index (χ1v) is 9.65. The first-order chi connectivity index (χ1) is 12.7. The van der Waals surface area contributed by atoms with Gasteiger partial charge in [0.15, 0.2) is 0 Å². The molecule has 2 aromatic heterocycles. The molecule has 4 rings (SSSR count). The average Bonchev–Trinajstić information content (AvgIpc) is 3.26. The van der Waals surface area contributed by atoms with Crippen molar-refractivity contribution < 1.29 is 9.59 Å². The Kier molecular flexibility index (Phi) is 4.91. The molecule has 2 fully saturated rings. The van der Waals surface area contributed by atoms with E-state index in [1.54, 1.807) is 6.20 Å². The lowest BCUT2D eigenvalue weighted by Crippen LogP contribution is -2.44. The summed E-state index contributed by atoms with van der Waals surface area (Å²) in [5.41, 5.74) is 1.07. The number of rotatable bonds is 5. The lowest BCUT2D eigenvalue weighted by Gasteiger charge is -2.34. The SMILES string of the molecule is O=C1CCCN1CC1CCCN(C(=O)CCn2ccc3ccncc32)C1. The largest absolute Gasteiger partial charge is 0.346 e. The van der Waals surface area contributed by atoms with Crippen LogP contribution in [0.15, 0.2) is 30.7 Å². The van der Waals surface area contributed by atoms with Crippen LogP contribution in [0.4, 0.5) is 0 Å². The fourth-order valence-electron chi connectivity index (χ4n) is 4.25. The summed E-state index contributed by atoms with van der Waals surface area (Å²) in [6.07, 6.45) is 9.99. The number of aryl methyl sites for hydroxylation is 1. The van der Waals surface area contributed by atoms with Gasteiger partial charge in [-0.25, -0.2) is 0 Å². The number of carbonyl (C=O) groups is 2. The molecule has 2 aliphatic heterocycles. The van der Waals surface area contributed by atoms with E-state index in [0.717, 1.165) is 56.3 Å². The Bertz CT molecular complexity index is 800. The van der Waals surface area contributed by atoms with Crippen molar-refractivity contribution in [3.8, 4) is 0 Å². The maximum absolute atomic E-state index is 12.7. The molecule has 0 aromatic carbocycles. The highest BCUT2D eigenvalue weighted by Crippen LogP contribution is 2.21. The number of nitrogens with zero attached hydrogens (tertiary/aromatic N) is 4. The second-order valence-electron chi connectivity index (χ2n) is 7.48. The Morgan fingerprint density at radius 3 is 3.00 bits per heavy atom. The fraction of sp³-hybridized carbons (Fsp3) is 0.550. The molecule has 0 bridgehead atoms. The van der Waals surface area contributed by atoms with E-state index in [0.29, 0.717) is 25.3 Å². The molecule has 6 nitrogen and oxygen atoms in total. The van der Waals surface area contributed by atoms with Crippen molar-refractivity contribution in [1.29, 1.82) is 0 Å². The van der Waals surface area contributed by atoms with Crippen LogP contribution in [0.25, 0.3) is 10.9 Å². The number of hydrogen-bond donors (Lipinski definition) is 0. The van der Waals surface area contributed by atoms with Crippen LogP contribution in [0.5, 0.6) is 0 Å². The summed E-state index contributed by atoms with van der Waals surface area (Å²) >= 11 is 0. The molecular weight excluding hydrogens is 328 g/mol. The quantitative estimate of drug-likeness (QED) is 0.828. The molecule has 1 unspecified atom stereocenters. The molecule has 0 N–H and O–H groups in total. The summed E-state index contributed by atoms with van der Waals surface area (Å²) in [7, 11) is 0. The topological polar surface area (TPSA) is 58.4 Å². The Morgan fingerprint density at radius 1 is 1.23 bits per heavy atom. The lowest BCUT2D eigenvalue weighted by molar-refractivity contribution is -0.133. The van der Waals surface area contributed by atoms with E-state index in [-0.39, 0.29) is 11.8 Å². The third-order valence-corrected chi connectivity index (χ3v) is 5.66. The summed E-state index contributed by atoms with van der Waals surface area (Å²) in [5, 5.41) is 1.15. The zero-order valence-electron chi connectivity index (χ0n) is 15.1. The maximum atomic E-state index is 12.7. The fourth-order valence-corrected chi connectivity index (χ4v) is 4.25. The van der Waals surface area contributed by atoms with Gasteiger partial charge in [-0.2, -0.15) is 0 Å². The predicted molar refractivity (Wildman–Crippen MR) is 99.5 cm³/mol. The smallest absolute Gasteiger partial charge is 0.224 e. The van der Waals surface area contributed by atoms with Crippen molar-refractivity contribution in [2.24, 2.45) is 5.92 Å². The highest BCUT2D eigenvalue weighted by molar-refractivity contribution is 5.80. The summed E-state index contributed by atoms with van der Waals surface area (Å²) in [5.74, 6) is 0.918. The lowest BCUT2D eigenvalue weighted by atomic mass is 9.97. The van der Waals surface area contributed by atoms with Gasteiger partial charge in [0.25, 0.3) is 0 Å². The number of fused-ring (bicyclic) bond motifs is 1. The van der Waals surface area contributed by atoms with Crippen LogP contribution in [0, 0.1) is 5.92 Å². The highest BCUT2D eigenvalue weighted by atomic mass is 16.2. The second-order valence-corrected chi connectivity index (χ2v) is 7.48. The first kappa shape index (κ1) is 17.1. The van der Waals surface area contributed by atoms with Crippen molar-refractivity contribution in [3.05, 3.63) is 30.7 Å². The Balaban J connectivity index is 1.32. The molecule has 4 heterocycles. The van der Waals surface area contributed by atoms with E-state index in [1.807, 2.05) is 28.3 Å². The number of aromatic nitrogens is 2. The molecule has 2 amide bonds. The highest BCUT2D eigenvalue weighted by Gasteiger charge is 2.28. The average molecular weight is 354 g/mol. The Labute approximate surface area is 153 Å². The van der Waals surface area contributed by atoms with Gasteiger partial charge in [0, 0.05) is 63.3 Å². The maximum Gasteiger partial charge on any atom is 0.224 e. The van der Waals surface area contributed by atoms with E-state index in [4.69, 9.17) is 0 Å². The minimum absolute atomic E-state index is 0.216. The third kappa shape index (κ3) is 3.59. The molecule has 0 spiro atoms. The summed E-state index contributed by atoms with van der Waals surface area (Å²) in [4.78, 5) is 32.7. The number of hydrogen-bond acceptors (Lipinski definition) is 3. The van der Waals surface area contributed by atoms with Crippen LogP contribution in [-0.4, -0.2) is 57.3 Å². The van der Waals surface area contributed by atoms with Crippen LogP contribution in [0.1, 0.15) is 32.1 Å². The molecule has 2 aromatic rings. The van der Waals surface area contributed by atoms with Gasteiger partial charge in [0.2, 0.25) is 11.8 Å². The van der Waals surface area contributed by atoms with Crippen molar-refractivity contribution in [2.45, 2.75) is 38.6 Å². The molecule has 0 radical (unpaired) electrons. The molecular formula is C20H26N4O2. The van der Waals surface area contributed by atoms with Crippen LogP contribution >= 0.6 is 0 Å². The van der Waals surface area contributed by atoms with Crippen molar-refractivity contribution >= 4 is 22.7 Å². The van der Waals surface area contributed by atoms with Gasteiger partial charge in [0.1, 0.15) is 0 Å². The van der Waals surface area contributed by atoms with Gasteiger partial charge in [-0.3, -0.25) is 14.6 Å². The van der Waals surface area contributed by atoms with Gasteiger partial charge < -0.3 is 14.4 Å². The zero-order valence-corrected chi connectivity index (χ0v) is 15.1. The van der Waals surface area contributed by atoms with Gasteiger partial charge >= 0.3 is 0 Å². The minimum atomic E-state index is 0.216. The molecule has 26 heavy (non-hydrogen) atoms. The Hall–Kier alpha value is -2.37. The standard InChI is InChI=1S/C20H26N4O2/c25-19-4-2-10-23(19)14-16-3-1-9-24(15-16)20(26)7-12-22-11-6-17-5-8-21-13-18(17)22/h5-6,8,11,13,16H,1-4,7,9-10,12,14-15H2. The number of amides is 2. The zero-order chi connectivity index (χ0) is 17.9. The molecule has 0 saturated carbocycles. The number of pyridine rings is 1. The van der Waals surface area contributed by atoms with Crippen LogP contribution in [0.3, 0.4) is 0 Å². The summed E-state index contributed by atoms with van der Waals surface area (Å²) in [6, 6.07) is 4.05. The van der Waals surface area contributed by atoms with Crippen molar-refractivity contribution in [1.82, 2.24) is 19.4 Å². The number of piperidine rings is 1. The Morgan fingerprint density at radius 2 is 2.15 bits per heavy atom. The van der Waals surface area contributed by atoms with Gasteiger partial charge in [0.05, 0.1) is 11.7 Å². The van der Waals surface area contributed by atoms with Crippen LogP contribution < -0.4 is 0 Å². The van der Waals surface area contributed by atoms with Gasteiger partial charge in [-0.15, -0.1) is 0 Å². The number of likely N-dealkylation sites (tertiary alicyclic amines) is 2. The first-order valence-electron chi connectivity index (χ1n) is 9.65. The van der Waals surface area contributed by atoms with E-state index in [2.05, 4.69) is 15.6 Å². The van der Waals surface area contributed by atoms with Crippen LogP contribution in [0.2, 0.25) is 0 Å². The molecule has 138 valence electrons. The van der Waals surface area contributed by atoms with E-state index in [9.17, 15) is 9.59 Å². The molecule has 1 atom stereocenters. The summed E-state index contributed by atoms with van der Waals surface area (Å²) < 4.78 is 2.10. The second kappa shape index (κ2) is 7.48. The molecule has 6 heteroatoms. The molecule has 2 aliphatic rings. The normalized spacial score (nSPS) is 20.9. The third-order valence-electron chi connectivity index (χ3n) is 5.66. The van der Waals surface area contributed by atoms with E-state index >= 15 is 0 Å². The summed E-state index contributed by atoms with van der Waals surface area (Å²) in [6.45, 7) is 4.02. The molecule has 2 saturated heterocycles. The predicted octanol–water partition coefficient (Wildman–Crippen LogP) is 2.29. The van der Waals surface area contributed by atoms with Crippen molar-refractivity contribution in [3.63, 3.8) is 0 Å². The van der Waals surface area contributed by atoms with Crippen molar-refractivity contribution in [2.75, 3.05) is 26.2 Å². The van der Waals surface area contributed by atoms with Gasteiger partial charge in [-0.05, 0) is 37.3 Å². The van der Waals surface area contributed by atoms with E-state index < -0.39 is 0 Å². The van der Waals surface area contributed by atoms with Gasteiger partial charge in [-0.1, -0.05) is 0 Å². The molecule has 0 aliphatic carbocycles. The number of carbonyl (C=O) groups excluding carboxylic acids is 2. The van der Waals surface area contributed by atoms with Crippen LogP contribution in [-0.2, 0) is 16.1 Å².